The molecule has 102 valence electrons. The lowest BCUT2D eigenvalue weighted by Crippen LogP contribution is -2.43. The third-order valence-electron chi connectivity index (χ3n) is 3.56. The second kappa shape index (κ2) is 5.53. The van der Waals surface area contributed by atoms with Crippen LogP contribution in [0.25, 0.3) is 0 Å². The van der Waals surface area contributed by atoms with Gasteiger partial charge in [-0.3, -0.25) is 4.99 Å². The maximum atomic E-state index is 11.7. The summed E-state index contributed by atoms with van der Waals surface area (Å²) in [5, 5.41) is 0. The summed E-state index contributed by atoms with van der Waals surface area (Å²) in [7, 11) is 1.36. The number of nitrogens with two attached hydrogens (primary N) is 1. The Morgan fingerprint density at radius 3 is 2.84 bits per heavy atom. The number of aliphatic imine (C=N–C) groups is 1. The molecule has 4 heteroatoms. The first-order valence-corrected chi connectivity index (χ1v) is 6.51. The van der Waals surface area contributed by atoms with Crippen molar-refractivity contribution in [2.75, 3.05) is 7.11 Å². The molecule has 0 saturated heterocycles. The molecule has 2 rings (SSSR count). The average Bonchev–Trinajstić information content (AvgIpc) is 2.41. The van der Waals surface area contributed by atoms with E-state index in [9.17, 15) is 4.79 Å². The molecule has 0 spiro atoms. The summed E-state index contributed by atoms with van der Waals surface area (Å²) >= 11 is 0. The zero-order valence-electron chi connectivity index (χ0n) is 11.6. The fourth-order valence-electron chi connectivity index (χ4n) is 2.22. The first-order valence-electron chi connectivity index (χ1n) is 6.51. The third kappa shape index (κ3) is 2.84. The zero-order valence-corrected chi connectivity index (χ0v) is 11.6. The number of allylic oxidation sites excluding steroid dienone is 5. The van der Waals surface area contributed by atoms with Gasteiger partial charge in [-0.1, -0.05) is 30.7 Å². The van der Waals surface area contributed by atoms with Gasteiger partial charge in [-0.15, -0.1) is 0 Å². The van der Waals surface area contributed by atoms with Gasteiger partial charge in [0.25, 0.3) is 0 Å². The van der Waals surface area contributed by atoms with E-state index < -0.39 is 12.1 Å². The molecule has 0 aromatic carbocycles. The summed E-state index contributed by atoms with van der Waals surface area (Å²) in [6, 6.07) is -1.04. The first-order chi connectivity index (χ1) is 9.02. The predicted octanol–water partition coefficient (Wildman–Crippen LogP) is 1.78. The lowest BCUT2D eigenvalue weighted by Gasteiger charge is -2.25. The number of esters is 1. The highest BCUT2D eigenvalue weighted by Gasteiger charge is 2.31. The molecule has 0 bridgehead atoms. The molecule has 0 aromatic rings. The van der Waals surface area contributed by atoms with Crippen LogP contribution < -0.4 is 5.73 Å². The summed E-state index contributed by atoms with van der Waals surface area (Å²) in [4.78, 5) is 16.2. The smallest absolute Gasteiger partial charge is 0.332 e. The van der Waals surface area contributed by atoms with Crippen molar-refractivity contribution in [1.29, 1.82) is 0 Å². The molecule has 2 aliphatic rings. The summed E-state index contributed by atoms with van der Waals surface area (Å²) in [6.45, 7) is 4.09. The van der Waals surface area contributed by atoms with Crippen molar-refractivity contribution in [2.24, 2.45) is 16.6 Å². The summed E-state index contributed by atoms with van der Waals surface area (Å²) in [6.07, 6.45) is 9.31. The molecule has 1 aliphatic heterocycles. The van der Waals surface area contributed by atoms with E-state index in [-0.39, 0.29) is 5.97 Å². The Hall–Kier alpha value is -1.68. The molecule has 19 heavy (non-hydrogen) atoms. The number of hydrogen-bond acceptors (Lipinski definition) is 4. The number of nitrogens with zero attached hydrogens (tertiary/aromatic N) is 1. The Kier molecular flexibility index (Phi) is 4.00. The fourth-order valence-corrected chi connectivity index (χ4v) is 2.22. The number of rotatable bonds is 2. The molecule has 1 aliphatic carbocycles. The summed E-state index contributed by atoms with van der Waals surface area (Å²) < 4.78 is 4.77. The highest BCUT2D eigenvalue weighted by Crippen LogP contribution is 2.22. The van der Waals surface area contributed by atoms with Gasteiger partial charge < -0.3 is 10.5 Å². The SMILES string of the molecule is COC(=O)C1N=C(C2=CCC(C)C=C2)C=C(C)C1N. The standard InChI is InChI=1S/C15H20N2O2/c1-9-4-6-11(7-5-9)12-8-10(2)13(16)14(17-12)15(18)19-3/h4,6-9,13-14H,5,16H2,1-3H3. The molecule has 0 radical (unpaired) electrons. The van der Waals surface area contributed by atoms with Crippen LogP contribution in [-0.2, 0) is 9.53 Å². The molecule has 3 atom stereocenters. The van der Waals surface area contributed by atoms with Crippen LogP contribution in [0.3, 0.4) is 0 Å². The topological polar surface area (TPSA) is 64.7 Å². The van der Waals surface area contributed by atoms with Gasteiger partial charge in [0.15, 0.2) is 6.04 Å². The van der Waals surface area contributed by atoms with Gasteiger partial charge in [-0.25, -0.2) is 4.79 Å². The van der Waals surface area contributed by atoms with Crippen LogP contribution in [-0.4, -0.2) is 30.9 Å². The van der Waals surface area contributed by atoms with Crippen molar-refractivity contribution in [3.63, 3.8) is 0 Å². The third-order valence-corrected chi connectivity index (χ3v) is 3.56. The lowest BCUT2D eigenvalue weighted by molar-refractivity contribution is -0.142. The summed E-state index contributed by atoms with van der Waals surface area (Å²) in [5.41, 5.74) is 8.82. The Labute approximate surface area is 113 Å². The van der Waals surface area contributed by atoms with Crippen molar-refractivity contribution >= 4 is 11.7 Å². The molecule has 3 unspecified atom stereocenters. The van der Waals surface area contributed by atoms with E-state index in [1.165, 1.54) is 7.11 Å². The minimum atomic E-state index is -0.640. The molecule has 0 aromatic heterocycles. The molecular formula is C15H20N2O2. The molecule has 2 N–H and O–H groups in total. The monoisotopic (exact) mass is 260 g/mol. The van der Waals surface area contributed by atoms with Crippen LogP contribution in [0.5, 0.6) is 0 Å². The second-order valence-electron chi connectivity index (χ2n) is 5.13. The first kappa shape index (κ1) is 13.7. The van der Waals surface area contributed by atoms with E-state index in [0.717, 1.165) is 23.3 Å². The van der Waals surface area contributed by atoms with Gasteiger partial charge in [0.2, 0.25) is 0 Å². The molecule has 4 nitrogen and oxygen atoms in total. The number of ether oxygens (including phenoxy) is 1. The van der Waals surface area contributed by atoms with Crippen LogP contribution in [0.15, 0.2) is 40.4 Å². The number of hydrogen-bond donors (Lipinski definition) is 1. The van der Waals surface area contributed by atoms with E-state index in [0.29, 0.717) is 5.92 Å². The number of carbonyl (C=O) groups is 1. The lowest BCUT2D eigenvalue weighted by atomic mass is 9.91. The summed E-state index contributed by atoms with van der Waals surface area (Å²) in [5.74, 6) is 0.169. The Balaban J connectivity index is 2.30. The molecule has 1 heterocycles. The van der Waals surface area contributed by atoms with Crippen molar-refractivity contribution in [2.45, 2.75) is 32.4 Å². The van der Waals surface area contributed by atoms with Crippen LogP contribution in [0.4, 0.5) is 0 Å². The van der Waals surface area contributed by atoms with Gasteiger partial charge >= 0.3 is 5.97 Å². The Morgan fingerprint density at radius 2 is 2.26 bits per heavy atom. The maximum Gasteiger partial charge on any atom is 0.332 e. The van der Waals surface area contributed by atoms with Crippen molar-refractivity contribution in [1.82, 2.24) is 0 Å². The van der Waals surface area contributed by atoms with Gasteiger partial charge in [-0.05, 0) is 30.9 Å². The molecule has 0 amide bonds. The number of carbonyl (C=O) groups excluding carboxylic acids is 1. The largest absolute Gasteiger partial charge is 0.467 e. The Morgan fingerprint density at radius 1 is 1.53 bits per heavy atom. The van der Waals surface area contributed by atoms with E-state index in [1.54, 1.807) is 0 Å². The maximum absolute atomic E-state index is 11.7. The quantitative estimate of drug-likeness (QED) is 0.770. The van der Waals surface area contributed by atoms with Crippen LogP contribution >= 0.6 is 0 Å². The van der Waals surface area contributed by atoms with E-state index in [4.69, 9.17) is 10.5 Å². The van der Waals surface area contributed by atoms with E-state index >= 15 is 0 Å². The van der Waals surface area contributed by atoms with Gasteiger partial charge in [0.05, 0.1) is 18.9 Å². The van der Waals surface area contributed by atoms with Crippen molar-refractivity contribution in [3.05, 3.63) is 35.5 Å². The average molecular weight is 260 g/mol. The highest BCUT2D eigenvalue weighted by atomic mass is 16.5. The minimum Gasteiger partial charge on any atom is -0.467 e. The molecule has 0 fully saturated rings. The van der Waals surface area contributed by atoms with Crippen LogP contribution in [0.1, 0.15) is 20.3 Å². The van der Waals surface area contributed by atoms with Gasteiger partial charge in [-0.2, -0.15) is 0 Å². The molecular weight excluding hydrogens is 240 g/mol. The van der Waals surface area contributed by atoms with Crippen molar-refractivity contribution in [3.8, 4) is 0 Å². The zero-order chi connectivity index (χ0) is 14.0. The fraction of sp³-hybridized carbons (Fsp3) is 0.467. The van der Waals surface area contributed by atoms with Crippen LogP contribution in [0.2, 0.25) is 0 Å². The normalized spacial score (nSPS) is 30.3. The predicted molar refractivity (Wildman–Crippen MR) is 76.0 cm³/mol. The van der Waals surface area contributed by atoms with Gasteiger partial charge in [0.1, 0.15) is 0 Å². The van der Waals surface area contributed by atoms with Gasteiger partial charge in [0, 0.05) is 0 Å². The van der Waals surface area contributed by atoms with Crippen molar-refractivity contribution < 1.29 is 9.53 Å². The van der Waals surface area contributed by atoms with E-state index in [2.05, 4.69) is 30.1 Å². The molecule has 0 saturated carbocycles. The minimum absolute atomic E-state index is 0.383. The number of methoxy groups -OCH3 is 1. The van der Waals surface area contributed by atoms with Crippen LogP contribution in [0, 0.1) is 5.92 Å². The van der Waals surface area contributed by atoms with E-state index in [1.807, 2.05) is 13.0 Å². The highest BCUT2D eigenvalue weighted by molar-refractivity contribution is 6.12. The Bertz CT molecular complexity index is 500. The second-order valence-corrected chi connectivity index (χ2v) is 5.13. The number of dihydropyridines is 1.